The molecule has 17 heavy (non-hydrogen) atoms. The van der Waals surface area contributed by atoms with Crippen LogP contribution in [0.15, 0.2) is 30.5 Å². The normalized spacial score (nSPS) is 12.5. The molecular formula is C14H18N2O. The molecule has 0 aliphatic heterocycles. The lowest BCUT2D eigenvalue weighted by molar-refractivity contribution is -0.110. The van der Waals surface area contributed by atoms with E-state index in [1.165, 1.54) is 10.9 Å². The highest BCUT2D eigenvalue weighted by Gasteiger charge is 2.10. The third kappa shape index (κ3) is 2.67. The van der Waals surface area contributed by atoms with E-state index in [-0.39, 0.29) is 6.04 Å². The van der Waals surface area contributed by atoms with Gasteiger partial charge in [-0.3, -0.25) is 4.79 Å². The standard InChI is InChI=1S/C14H18N2O/c1-2-5-12(16-10-17)8-11-9-15-14-7-4-3-6-13(11)14/h3-4,6-7,9-10,12,15H,2,5,8H2,1H3,(H,16,17). The van der Waals surface area contributed by atoms with Gasteiger partial charge in [-0.15, -0.1) is 0 Å². The number of para-hydroxylation sites is 1. The van der Waals surface area contributed by atoms with Crippen LogP contribution in [-0.4, -0.2) is 17.4 Å². The second kappa shape index (κ2) is 5.53. The van der Waals surface area contributed by atoms with Crippen molar-refractivity contribution >= 4 is 17.3 Å². The number of fused-ring (bicyclic) bond motifs is 1. The maximum atomic E-state index is 10.6. The minimum Gasteiger partial charge on any atom is -0.361 e. The number of hydrogen-bond donors (Lipinski definition) is 2. The molecule has 1 aromatic heterocycles. The predicted molar refractivity (Wildman–Crippen MR) is 69.9 cm³/mol. The number of aromatic nitrogens is 1. The number of carbonyl (C=O) groups excluding carboxylic acids is 1. The molecule has 1 amide bonds. The summed E-state index contributed by atoms with van der Waals surface area (Å²) in [5, 5.41) is 4.14. The van der Waals surface area contributed by atoms with E-state index < -0.39 is 0 Å². The van der Waals surface area contributed by atoms with Gasteiger partial charge in [0.05, 0.1) is 0 Å². The summed E-state index contributed by atoms with van der Waals surface area (Å²) in [7, 11) is 0. The van der Waals surface area contributed by atoms with Crippen LogP contribution >= 0.6 is 0 Å². The SMILES string of the molecule is CCCC(Cc1c[nH]c2ccccc12)NC=O. The highest BCUT2D eigenvalue weighted by Crippen LogP contribution is 2.19. The maximum Gasteiger partial charge on any atom is 0.207 e. The fraction of sp³-hybridized carbons (Fsp3) is 0.357. The van der Waals surface area contributed by atoms with Gasteiger partial charge in [-0.2, -0.15) is 0 Å². The van der Waals surface area contributed by atoms with Crippen molar-refractivity contribution in [1.82, 2.24) is 10.3 Å². The summed E-state index contributed by atoms with van der Waals surface area (Å²) in [6.07, 6.45) is 5.82. The summed E-state index contributed by atoms with van der Waals surface area (Å²) >= 11 is 0. The molecule has 2 rings (SSSR count). The first-order chi connectivity index (χ1) is 8.35. The average molecular weight is 230 g/mol. The van der Waals surface area contributed by atoms with Crippen molar-refractivity contribution in [3.63, 3.8) is 0 Å². The largest absolute Gasteiger partial charge is 0.361 e. The molecule has 0 aliphatic rings. The fourth-order valence-corrected chi connectivity index (χ4v) is 2.25. The van der Waals surface area contributed by atoms with Crippen LogP contribution in [0.4, 0.5) is 0 Å². The quantitative estimate of drug-likeness (QED) is 0.736. The zero-order chi connectivity index (χ0) is 12.1. The molecule has 0 fully saturated rings. The molecule has 3 nitrogen and oxygen atoms in total. The van der Waals surface area contributed by atoms with Crippen LogP contribution in [0.1, 0.15) is 25.3 Å². The predicted octanol–water partition coefficient (Wildman–Crippen LogP) is 2.63. The van der Waals surface area contributed by atoms with Gasteiger partial charge < -0.3 is 10.3 Å². The molecule has 2 N–H and O–H groups in total. The van der Waals surface area contributed by atoms with Crippen molar-refractivity contribution in [3.05, 3.63) is 36.0 Å². The molecule has 0 spiro atoms. The van der Waals surface area contributed by atoms with Crippen molar-refractivity contribution in [2.45, 2.75) is 32.2 Å². The number of amides is 1. The first-order valence-corrected chi connectivity index (χ1v) is 6.09. The average Bonchev–Trinajstić information content (AvgIpc) is 2.74. The number of H-pyrrole nitrogens is 1. The van der Waals surface area contributed by atoms with Crippen LogP contribution in [0.2, 0.25) is 0 Å². The first kappa shape index (κ1) is 11.7. The van der Waals surface area contributed by atoms with Crippen LogP contribution in [0.25, 0.3) is 10.9 Å². The number of rotatable bonds is 6. The Balaban J connectivity index is 2.18. The van der Waals surface area contributed by atoms with Gasteiger partial charge in [0.15, 0.2) is 0 Å². The van der Waals surface area contributed by atoms with Crippen molar-refractivity contribution < 1.29 is 4.79 Å². The zero-order valence-corrected chi connectivity index (χ0v) is 10.1. The molecule has 0 radical (unpaired) electrons. The second-order valence-electron chi connectivity index (χ2n) is 4.33. The highest BCUT2D eigenvalue weighted by molar-refractivity contribution is 5.83. The van der Waals surface area contributed by atoms with E-state index >= 15 is 0 Å². The van der Waals surface area contributed by atoms with E-state index in [0.717, 1.165) is 31.2 Å². The maximum absolute atomic E-state index is 10.6. The topological polar surface area (TPSA) is 44.9 Å². The van der Waals surface area contributed by atoms with Gasteiger partial charge >= 0.3 is 0 Å². The third-order valence-electron chi connectivity index (χ3n) is 3.08. The van der Waals surface area contributed by atoms with Crippen molar-refractivity contribution in [2.75, 3.05) is 0 Å². The van der Waals surface area contributed by atoms with Gasteiger partial charge in [0.1, 0.15) is 0 Å². The molecule has 0 saturated carbocycles. The van der Waals surface area contributed by atoms with Crippen LogP contribution in [0.5, 0.6) is 0 Å². The Kier molecular flexibility index (Phi) is 3.81. The van der Waals surface area contributed by atoms with Crippen molar-refractivity contribution in [2.24, 2.45) is 0 Å². The van der Waals surface area contributed by atoms with Crippen LogP contribution in [-0.2, 0) is 11.2 Å². The number of aromatic amines is 1. The molecule has 1 atom stereocenters. The lowest BCUT2D eigenvalue weighted by Crippen LogP contribution is -2.29. The molecule has 0 aliphatic carbocycles. The Morgan fingerprint density at radius 2 is 2.24 bits per heavy atom. The Morgan fingerprint density at radius 3 is 3.00 bits per heavy atom. The summed E-state index contributed by atoms with van der Waals surface area (Å²) in [5.41, 5.74) is 2.43. The van der Waals surface area contributed by atoms with E-state index in [9.17, 15) is 4.79 Å². The highest BCUT2D eigenvalue weighted by atomic mass is 16.1. The fourth-order valence-electron chi connectivity index (χ4n) is 2.25. The minimum absolute atomic E-state index is 0.233. The summed E-state index contributed by atoms with van der Waals surface area (Å²) in [5.74, 6) is 0. The number of hydrogen-bond acceptors (Lipinski definition) is 1. The molecule has 1 aromatic carbocycles. The summed E-state index contributed by atoms with van der Waals surface area (Å²) in [6, 6.07) is 8.49. The van der Waals surface area contributed by atoms with Gasteiger partial charge in [0.25, 0.3) is 0 Å². The van der Waals surface area contributed by atoms with Gasteiger partial charge in [0.2, 0.25) is 6.41 Å². The number of carbonyl (C=O) groups is 1. The van der Waals surface area contributed by atoms with E-state index in [4.69, 9.17) is 0 Å². The Labute approximate surface area is 101 Å². The molecule has 0 saturated heterocycles. The Hall–Kier alpha value is -1.77. The number of nitrogens with one attached hydrogen (secondary N) is 2. The van der Waals surface area contributed by atoms with Crippen molar-refractivity contribution in [1.29, 1.82) is 0 Å². The number of benzene rings is 1. The molecule has 3 heteroatoms. The molecule has 1 unspecified atom stereocenters. The van der Waals surface area contributed by atoms with E-state index in [2.05, 4.69) is 29.4 Å². The monoisotopic (exact) mass is 230 g/mol. The summed E-state index contributed by atoms with van der Waals surface area (Å²) in [6.45, 7) is 2.13. The van der Waals surface area contributed by atoms with Gasteiger partial charge in [-0.05, 0) is 24.5 Å². The lowest BCUT2D eigenvalue weighted by Gasteiger charge is -2.14. The van der Waals surface area contributed by atoms with E-state index in [0.29, 0.717) is 0 Å². The molecule has 90 valence electrons. The van der Waals surface area contributed by atoms with Crippen molar-refractivity contribution in [3.8, 4) is 0 Å². The minimum atomic E-state index is 0.233. The summed E-state index contributed by atoms with van der Waals surface area (Å²) in [4.78, 5) is 13.8. The van der Waals surface area contributed by atoms with E-state index in [1.54, 1.807) is 0 Å². The van der Waals surface area contributed by atoms with Gasteiger partial charge in [0, 0.05) is 23.1 Å². The molecule has 1 heterocycles. The Morgan fingerprint density at radius 1 is 1.41 bits per heavy atom. The third-order valence-corrected chi connectivity index (χ3v) is 3.08. The van der Waals surface area contributed by atoms with Crippen LogP contribution in [0.3, 0.4) is 0 Å². The molecule has 2 aromatic rings. The first-order valence-electron chi connectivity index (χ1n) is 6.09. The van der Waals surface area contributed by atoms with E-state index in [1.807, 2.05) is 18.3 Å². The van der Waals surface area contributed by atoms with Gasteiger partial charge in [-0.1, -0.05) is 31.5 Å². The van der Waals surface area contributed by atoms with Gasteiger partial charge in [-0.25, -0.2) is 0 Å². The van der Waals surface area contributed by atoms with Crippen LogP contribution in [0, 0.1) is 0 Å². The smallest absolute Gasteiger partial charge is 0.207 e. The summed E-state index contributed by atoms with van der Waals surface area (Å²) < 4.78 is 0. The lowest BCUT2D eigenvalue weighted by atomic mass is 10.0. The molecule has 0 bridgehead atoms. The zero-order valence-electron chi connectivity index (χ0n) is 10.1. The second-order valence-corrected chi connectivity index (χ2v) is 4.33. The van der Waals surface area contributed by atoms with Crippen LogP contribution < -0.4 is 5.32 Å². The molecular weight excluding hydrogens is 212 g/mol. The Bertz CT molecular complexity index is 490.